The van der Waals surface area contributed by atoms with Crippen molar-refractivity contribution in [2.24, 2.45) is 0 Å². The molecule has 3 atom stereocenters. The first-order valence-electron chi connectivity index (χ1n) is 11.3. The maximum Gasteiger partial charge on any atom is 0.0587 e. The van der Waals surface area contributed by atoms with Gasteiger partial charge in [-0.05, 0) is 69.6 Å². The number of rotatable bonds is 9. The van der Waals surface area contributed by atoms with E-state index in [1.165, 1.54) is 42.9 Å². The first-order chi connectivity index (χ1) is 14.5. The van der Waals surface area contributed by atoms with Crippen LogP contribution < -0.4 is 0 Å². The molecular formula is C27H37ClN2. The zero-order valence-electron chi connectivity index (χ0n) is 19.0. The Bertz CT molecular complexity index is 764. The van der Waals surface area contributed by atoms with Crippen molar-refractivity contribution in [2.75, 3.05) is 6.54 Å². The van der Waals surface area contributed by atoms with Gasteiger partial charge in [-0.1, -0.05) is 54.6 Å². The summed E-state index contributed by atoms with van der Waals surface area (Å²) in [6.07, 6.45) is 5.88. The highest BCUT2D eigenvalue weighted by molar-refractivity contribution is 6.21. The van der Waals surface area contributed by atoms with Gasteiger partial charge in [0.05, 0.1) is 6.07 Å². The minimum atomic E-state index is 0.347. The van der Waals surface area contributed by atoms with Crippen LogP contribution in [0, 0.1) is 11.3 Å². The number of halogens is 1. The number of aryl methyl sites for hydroxylation is 1. The van der Waals surface area contributed by atoms with E-state index in [9.17, 15) is 0 Å². The summed E-state index contributed by atoms with van der Waals surface area (Å²) in [6.45, 7) is 9.57. The molecular weight excluding hydrogens is 388 g/mol. The first kappa shape index (κ1) is 24.4. The zero-order chi connectivity index (χ0) is 21.9. The maximum atomic E-state index is 7.32. The molecule has 1 fully saturated rings. The van der Waals surface area contributed by atoms with Crippen LogP contribution in [-0.4, -0.2) is 28.9 Å². The van der Waals surface area contributed by atoms with E-state index < -0.39 is 0 Å². The monoisotopic (exact) mass is 424 g/mol. The lowest BCUT2D eigenvalue weighted by atomic mass is 9.79. The van der Waals surface area contributed by atoms with Gasteiger partial charge in [-0.2, -0.15) is 5.26 Å². The van der Waals surface area contributed by atoms with Gasteiger partial charge in [0.25, 0.3) is 0 Å². The normalized spacial score (nSPS) is 18.9. The van der Waals surface area contributed by atoms with Gasteiger partial charge < -0.3 is 0 Å². The molecule has 2 nitrogen and oxygen atoms in total. The SMILES string of the molecule is CC#N.CC(C)N(CCc1ccccc1)C(C)CCc1ccc(C2CCC2Cl)cc1. The van der Waals surface area contributed by atoms with Crippen molar-refractivity contribution < 1.29 is 0 Å². The second kappa shape index (κ2) is 12.8. The number of hydrogen-bond donors (Lipinski definition) is 0. The summed E-state index contributed by atoms with van der Waals surface area (Å²) in [6, 6.07) is 23.0. The number of nitrogens with zero attached hydrogens (tertiary/aromatic N) is 2. The number of benzene rings is 2. The lowest BCUT2D eigenvalue weighted by molar-refractivity contribution is 0.158. The molecule has 0 heterocycles. The Kier molecular flexibility index (Phi) is 10.4. The second-order valence-electron chi connectivity index (χ2n) is 8.62. The summed E-state index contributed by atoms with van der Waals surface area (Å²) >= 11 is 6.32. The van der Waals surface area contributed by atoms with E-state index in [0.717, 1.165) is 19.4 Å². The summed E-state index contributed by atoms with van der Waals surface area (Å²) in [4.78, 5) is 2.65. The van der Waals surface area contributed by atoms with Crippen LogP contribution in [0.2, 0.25) is 0 Å². The van der Waals surface area contributed by atoms with Crippen LogP contribution >= 0.6 is 11.6 Å². The van der Waals surface area contributed by atoms with Crippen molar-refractivity contribution in [3.05, 3.63) is 71.3 Å². The fraction of sp³-hybridized carbons (Fsp3) is 0.519. The minimum Gasteiger partial charge on any atom is -0.298 e. The predicted molar refractivity (Wildman–Crippen MR) is 129 cm³/mol. The van der Waals surface area contributed by atoms with E-state index in [4.69, 9.17) is 16.9 Å². The van der Waals surface area contributed by atoms with Gasteiger partial charge in [0, 0.05) is 36.8 Å². The Morgan fingerprint density at radius 3 is 2.07 bits per heavy atom. The quantitative estimate of drug-likeness (QED) is 0.406. The van der Waals surface area contributed by atoms with Crippen LogP contribution in [0.4, 0.5) is 0 Å². The van der Waals surface area contributed by atoms with Crippen LogP contribution in [0.5, 0.6) is 0 Å². The zero-order valence-corrected chi connectivity index (χ0v) is 19.8. The molecule has 1 saturated carbocycles. The van der Waals surface area contributed by atoms with Gasteiger partial charge in [0.15, 0.2) is 0 Å². The molecule has 162 valence electrons. The molecule has 0 N–H and O–H groups in total. The third kappa shape index (κ3) is 7.46. The smallest absolute Gasteiger partial charge is 0.0587 e. The van der Waals surface area contributed by atoms with E-state index in [1.807, 2.05) is 0 Å². The molecule has 1 aliphatic rings. The summed E-state index contributed by atoms with van der Waals surface area (Å²) in [5.74, 6) is 0.578. The average molecular weight is 425 g/mol. The van der Waals surface area contributed by atoms with E-state index in [2.05, 4.69) is 80.3 Å². The third-order valence-corrected chi connectivity index (χ3v) is 6.70. The van der Waals surface area contributed by atoms with Crippen LogP contribution in [-0.2, 0) is 12.8 Å². The Labute approximate surface area is 188 Å². The lowest BCUT2D eigenvalue weighted by Crippen LogP contribution is -2.40. The molecule has 2 aromatic rings. The Hall–Kier alpha value is -1.82. The number of hydrogen-bond acceptors (Lipinski definition) is 2. The summed E-state index contributed by atoms with van der Waals surface area (Å²) < 4.78 is 0. The van der Waals surface area contributed by atoms with Gasteiger partial charge in [-0.25, -0.2) is 0 Å². The van der Waals surface area contributed by atoms with Crippen LogP contribution in [0.3, 0.4) is 0 Å². The van der Waals surface area contributed by atoms with E-state index in [0.29, 0.717) is 23.4 Å². The number of nitriles is 1. The van der Waals surface area contributed by atoms with E-state index in [1.54, 1.807) is 6.07 Å². The molecule has 30 heavy (non-hydrogen) atoms. The molecule has 0 bridgehead atoms. The third-order valence-electron chi connectivity index (χ3n) is 6.18. The summed E-state index contributed by atoms with van der Waals surface area (Å²) in [5, 5.41) is 7.67. The Morgan fingerprint density at radius 2 is 1.57 bits per heavy atom. The minimum absolute atomic E-state index is 0.347. The molecule has 0 radical (unpaired) electrons. The molecule has 3 heteroatoms. The molecule has 1 aliphatic carbocycles. The van der Waals surface area contributed by atoms with Gasteiger partial charge >= 0.3 is 0 Å². The molecule has 0 aliphatic heterocycles. The van der Waals surface area contributed by atoms with Crippen molar-refractivity contribution in [3.63, 3.8) is 0 Å². The highest BCUT2D eigenvalue weighted by atomic mass is 35.5. The molecule has 2 aromatic carbocycles. The molecule has 0 saturated heterocycles. The highest BCUT2D eigenvalue weighted by Gasteiger charge is 2.29. The van der Waals surface area contributed by atoms with Gasteiger partial charge in [0.1, 0.15) is 0 Å². The van der Waals surface area contributed by atoms with Gasteiger partial charge in [0.2, 0.25) is 0 Å². The molecule has 0 spiro atoms. The summed E-state index contributed by atoms with van der Waals surface area (Å²) in [7, 11) is 0. The molecule has 3 rings (SSSR count). The molecule has 3 unspecified atom stereocenters. The van der Waals surface area contributed by atoms with Crippen molar-refractivity contribution in [1.82, 2.24) is 4.90 Å². The van der Waals surface area contributed by atoms with Crippen molar-refractivity contribution >= 4 is 11.6 Å². The van der Waals surface area contributed by atoms with Crippen molar-refractivity contribution in [3.8, 4) is 6.07 Å². The van der Waals surface area contributed by atoms with E-state index >= 15 is 0 Å². The molecule has 0 aromatic heterocycles. The maximum absolute atomic E-state index is 7.32. The largest absolute Gasteiger partial charge is 0.298 e. The Morgan fingerprint density at radius 1 is 0.967 bits per heavy atom. The predicted octanol–water partition coefficient (Wildman–Crippen LogP) is 6.98. The topological polar surface area (TPSA) is 27.0 Å². The first-order valence-corrected chi connectivity index (χ1v) is 11.7. The Balaban J connectivity index is 0.00000101. The molecule has 0 amide bonds. The van der Waals surface area contributed by atoms with E-state index in [-0.39, 0.29) is 0 Å². The van der Waals surface area contributed by atoms with Crippen molar-refractivity contribution in [2.45, 2.75) is 83.2 Å². The fourth-order valence-electron chi connectivity index (χ4n) is 4.20. The fourth-order valence-corrected chi connectivity index (χ4v) is 4.60. The second-order valence-corrected chi connectivity index (χ2v) is 9.18. The standard InChI is InChI=1S/C25H34ClN.C2H3N/c1-19(2)27(18-17-21-7-5-4-6-8-21)20(3)9-10-22-11-13-23(14-12-22)24-15-16-25(24)26;1-2-3/h4-8,11-14,19-20,24-25H,9-10,15-18H2,1-3H3;1H3. The van der Waals surface area contributed by atoms with Crippen LogP contribution in [0.15, 0.2) is 54.6 Å². The average Bonchev–Trinajstić information content (AvgIpc) is 2.73. The number of alkyl halides is 1. The van der Waals surface area contributed by atoms with Gasteiger partial charge in [-0.3, -0.25) is 4.90 Å². The van der Waals surface area contributed by atoms with Crippen molar-refractivity contribution in [1.29, 1.82) is 5.26 Å². The lowest BCUT2D eigenvalue weighted by Gasteiger charge is -2.33. The van der Waals surface area contributed by atoms with Gasteiger partial charge in [-0.15, -0.1) is 11.6 Å². The van der Waals surface area contributed by atoms with Crippen LogP contribution in [0.25, 0.3) is 0 Å². The van der Waals surface area contributed by atoms with Crippen LogP contribution in [0.1, 0.15) is 69.6 Å². The highest BCUT2D eigenvalue weighted by Crippen LogP contribution is 2.40. The summed E-state index contributed by atoms with van der Waals surface area (Å²) in [5.41, 5.74) is 4.30.